The Kier molecular flexibility index (Phi) is 20.1. The van der Waals surface area contributed by atoms with Gasteiger partial charge in [-0.15, -0.1) is 0 Å². The van der Waals surface area contributed by atoms with E-state index in [2.05, 4.69) is 16.0 Å². The molecule has 1 heterocycles. The molecule has 5 amide bonds. The van der Waals surface area contributed by atoms with E-state index in [4.69, 9.17) is 16.2 Å². The highest BCUT2D eigenvalue weighted by molar-refractivity contribution is 7.98. The molecule has 0 aromatic heterocycles. The molecule has 1 aliphatic rings. The topological polar surface area (TPSA) is 298 Å². The predicted molar refractivity (Wildman–Crippen MR) is 184 cm³/mol. The summed E-state index contributed by atoms with van der Waals surface area (Å²) in [6, 6.07) is 12.0. The molecule has 16 nitrogen and oxygen atoms in total. The smallest absolute Gasteiger partial charge is 0.308 e. The van der Waals surface area contributed by atoms with Crippen LogP contribution in [0.25, 0.3) is 0 Å². The van der Waals surface area contributed by atoms with Gasteiger partial charge in [-0.1, -0.05) is 42.5 Å². The van der Waals surface area contributed by atoms with Crippen molar-refractivity contribution < 1.29 is 49.9 Å². The lowest BCUT2D eigenvalue weighted by Gasteiger charge is -2.28. The van der Waals surface area contributed by atoms with Crippen LogP contribution in [0.3, 0.4) is 0 Å². The molecule has 0 bridgehead atoms. The number of hydrogen-bond acceptors (Lipinski definition) is 9. The lowest BCUT2D eigenvalue weighted by molar-refractivity contribution is -0.140. The maximum atomic E-state index is 13.5. The molecule has 0 spiro atoms. The summed E-state index contributed by atoms with van der Waals surface area (Å²) >= 11 is 1.49. The van der Waals surface area contributed by atoms with Gasteiger partial charge in [0, 0.05) is 19.9 Å². The summed E-state index contributed by atoms with van der Waals surface area (Å²) in [4.78, 5) is 77.0. The third-order valence-electron chi connectivity index (χ3n) is 7.42. The van der Waals surface area contributed by atoms with Crippen LogP contribution in [0.5, 0.6) is 5.75 Å². The van der Waals surface area contributed by atoms with Gasteiger partial charge in [-0.3, -0.25) is 28.8 Å². The van der Waals surface area contributed by atoms with E-state index in [1.54, 1.807) is 24.3 Å². The molecule has 13 N–H and O–H groups in total. The van der Waals surface area contributed by atoms with Crippen molar-refractivity contribution in [2.75, 3.05) is 25.1 Å². The van der Waals surface area contributed by atoms with Crippen LogP contribution in [-0.4, -0.2) is 106 Å². The summed E-state index contributed by atoms with van der Waals surface area (Å²) in [5.41, 5.74) is 13.2. The van der Waals surface area contributed by atoms with E-state index < -0.39 is 66.2 Å². The van der Waals surface area contributed by atoms with Crippen molar-refractivity contribution in [3.8, 4) is 5.75 Å². The average molecular weight is 709 g/mol. The lowest BCUT2D eigenvalue weighted by Crippen LogP contribution is -2.56. The van der Waals surface area contributed by atoms with Gasteiger partial charge in [0.15, 0.2) is 0 Å². The number of hydrogen-bond donors (Lipinski definition) is 5. The molecule has 0 aliphatic carbocycles. The third kappa shape index (κ3) is 14.2. The van der Waals surface area contributed by atoms with Gasteiger partial charge in [-0.05, 0) is 61.0 Å². The quantitative estimate of drug-likeness (QED) is 0.0913. The molecule has 0 radical (unpaired) electrons. The number of amides is 5. The fraction of sp³-hybridized carbons (Fsp3) is 0.438. The second-order valence-corrected chi connectivity index (χ2v) is 12.0. The number of esters is 1. The molecule has 4 atom stereocenters. The molecule has 0 saturated carbocycles. The van der Waals surface area contributed by atoms with Gasteiger partial charge in [0.25, 0.3) is 0 Å². The molecule has 0 unspecified atom stereocenters. The highest BCUT2D eigenvalue weighted by atomic mass is 32.2. The second-order valence-electron chi connectivity index (χ2n) is 11.0. The van der Waals surface area contributed by atoms with Crippen LogP contribution in [0.1, 0.15) is 37.3 Å². The van der Waals surface area contributed by atoms with Crippen molar-refractivity contribution in [1.82, 2.24) is 20.9 Å². The van der Waals surface area contributed by atoms with Crippen molar-refractivity contribution in [1.29, 1.82) is 0 Å². The molecule has 1 saturated heterocycles. The standard InChI is InChI=1S/C32H42N6O7S.3H2O/c1-20(39)45-23-12-10-22(11-13-23)17-24(33)30(42)37-25(14-16-46-2)31(43)35-19-28(40)36-26(18-21-7-4-3-5-8-21)32(44)38-15-6-9-27(38)29(34)41;;;/h3-5,7-8,10-13,24-27H,6,9,14-19,33H2,1-2H3,(H2,34,41)(H,35,43)(H,36,40)(H,37,42);3*1H2/t24-,25+,26-,27-;;;/m0.../s1. The van der Waals surface area contributed by atoms with Gasteiger partial charge in [0.2, 0.25) is 29.5 Å². The van der Waals surface area contributed by atoms with E-state index in [0.29, 0.717) is 37.3 Å². The molecular weight excluding hydrogens is 660 g/mol. The summed E-state index contributed by atoms with van der Waals surface area (Å²) in [6.07, 6.45) is 3.59. The molecule has 3 rings (SSSR count). The van der Waals surface area contributed by atoms with E-state index in [-0.39, 0.29) is 29.3 Å². The second kappa shape index (κ2) is 22.2. The molecule has 2 aromatic carbocycles. The van der Waals surface area contributed by atoms with Gasteiger partial charge in [0.1, 0.15) is 23.9 Å². The Labute approximate surface area is 289 Å². The van der Waals surface area contributed by atoms with Gasteiger partial charge < -0.3 is 53.5 Å². The minimum absolute atomic E-state index is 0. The molecule has 1 fully saturated rings. The molecule has 17 heteroatoms. The Morgan fingerprint density at radius 2 is 1.53 bits per heavy atom. The number of nitrogens with one attached hydrogen (secondary N) is 3. The number of carbonyl (C=O) groups is 6. The van der Waals surface area contributed by atoms with Gasteiger partial charge >= 0.3 is 5.97 Å². The number of nitrogens with two attached hydrogens (primary N) is 2. The van der Waals surface area contributed by atoms with Crippen LogP contribution in [0.15, 0.2) is 54.6 Å². The number of thioether (sulfide) groups is 1. The van der Waals surface area contributed by atoms with Crippen LogP contribution in [-0.2, 0) is 41.6 Å². The molecule has 2 aromatic rings. The average Bonchev–Trinajstić information content (AvgIpc) is 3.53. The Bertz CT molecular complexity index is 1380. The Balaban J connectivity index is 0.00000768. The molecule has 49 heavy (non-hydrogen) atoms. The van der Waals surface area contributed by atoms with E-state index in [1.807, 2.05) is 36.6 Å². The van der Waals surface area contributed by atoms with Crippen LogP contribution >= 0.6 is 11.8 Å². The first kappa shape index (κ1) is 44.5. The van der Waals surface area contributed by atoms with E-state index in [1.165, 1.54) is 23.6 Å². The molecule has 272 valence electrons. The van der Waals surface area contributed by atoms with E-state index in [0.717, 1.165) is 11.1 Å². The molecule has 1 aliphatic heterocycles. The fourth-order valence-electron chi connectivity index (χ4n) is 5.10. The lowest BCUT2D eigenvalue weighted by atomic mass is 10.0. The first-order valence-corrected chi connectivity index (χ1v) is 16.4. The number of rotatable bonds is 16. The highest BCUT2D eigenvalue weighted by Gasteiger charge is 2.36. The Morgan fingerprint density at radius 3 is 2.12 bits per heavy atom. The van der Waals surface area contributed by atoms with Crippen LogP contribution in [0.2, 0.25) is 0 Å². The maximum Gasteiger partial charge on any atom is 0.308 e. The largest absolute Gasteiger partial charge is 0.427 e. The van der Waals surface area contributed by atoms with Crippen molar-refractivity contribution in [3.63, 3.8) is 0 Å². The number of primary amides is 1. The predicted octanol–water partition coefficient (Wildman–Crippen LogP) is -2.43. The number of ether oxygens (including phenoxy) is 1. The Hall–Kier alpha value is -4.55. The van der Waals surface area contributed by atoms with Gasteiger partial charge in [0.05, 0.1) is 12.6 Å². The summed E-state index contributed by atoms with van der Waals surface area (Å²) in [5.74, 6) is -2.27. The zero-order valence-corrected chi connectivity index (χ0v) is 28.3. The zero-order chi connectivity index (χ0) is 33.6. The number of carbonyl (C=O) groups excluding carboxylic acids is 6. The van der Waals surface area contributed by atoms with E-state index >= 15 is 0 Å². The van der Waals surface area contributed by atoms with Crippen molar-refractivity contribution >= 4 is 47.3 Å². The minimum atomic E-state index is -0.986. The number of benzene rings is 2. The van der Waals surface area contributed by atoms with Gasteiger partial charge in [-0.2, -0.15) is 11.8 Å². The van der Waals surface area contributed by atoms with Crippen LogP contribution < -0.4 is 32.2 Å². The fourth-order valence-corrected chi connectivity index (χ4v) is 5.57. The third-order valence-corrected chi connectivity index (χ3v) is 8.07. The summed E-state index contributed by atoms with van der Waals surface area (Å²) in [6.45, 7) is 1.21. The van der Waals surface area contributed by atoms with Crippen molar-refractivity contribution in [3.05, 3.63) is 65.7 Å². The summed E-state index contributed by atoms with van der Waals surface area (Å²) in [5, 5.41) is 7.94. The van der Waals surface area contributed by atoms with Crippen molar-refractivity contribution in [2.24, 2.45) is 11.5 Å². The Morgan fingerprint density at radius 1 is 0.898 bits per heavy atom. The van der Waals surface area contributed by atoms with Gasteiger partial charge in [-0.25, -0.2) is 0 Å². The highest BCUT2D eigenvalue weighted by Crippen LogP contribution is 2.19. The maximum absolute atomic E-state index is 13.5. The number of likely N-dealkylation sites (tertiary alicyclic amines) is 1. The number of nitrogens with zero attached hydrogens (tertiary/aromatic N) is 1. The summed E-state index contributed by atoms with van der Waals surface area (Å²) < 4.78 is 5.01. The SMILES string of the molecule is CSCC[C@@H](NC(=O)[C@@H](N)Cc1ccc(OC(C)=O)cc1)C(=O)NCC(=O)N[C@@H](Cc1ccccc1)C(=O)N1CCC[C@H]1C(N)=O.O.O.O. The van der Waals surface area contributed by atoms with Crippen molar-refractivity contribution in [2.45, 2.75) is 63.2 Å². The first-order chi connectivity index (χ1) is 22.0. The summed E-state index contributed by atoms with van der Waals surface area (Å²) in [7, 11) is 0. The van der Waals surface area contributed by atoms with E-state index in [9.17, 15) is 28.8 Å². The van der Waals surface area contributed by atoms with Crippen LogP contribution in [0, 0.1) is 0 Å². The minimum Gasteiger partial charge on any atom is -0.427 e. The zero-order valence-electron chi connectivity index (χ0n) is 27.5. The normalized spacial score (nSPS) is 15.1. The van der Waals surface area contributed by atoms with Crippen LogP contribution in [0.4, 0.5) is 0 Å². The molecular formula is C32H48N6O10S. The monoisotopic (exact) mass is 708 g/mol. The first-order valence-electron chi connectivity index (χ1n) is 15.0.